The summed E-state index contributed by atoms with van der Waals surface area (Å²) in [6.07, 6.45) is 0. The summed E-state index contributed by atoms with van der Waals surface area (Å²) in [4.78, 5) is 16.1. The van der Waals surface area contributed by atoms with E-state index in [1.54, 1.807) is 0 Å². The molecule has 1 fully saturated rings. The standard InChI is InChI=1S/C16H18N2O/c1-17-9-11-18(12-10-17)16(19)15-8-4-6-13-5-2-3-7-14(13)15/h2-8H,9-12H2,1H3/p+1. The smallest absolute Gasteiger partial charge is 0.254 e. The number of hydrogen-bond donors (Lipinski definition) is 1. The quantitative estimate of drug-likeness (QED) is 0.801. The van der Waals surface area contributed by atoms with Gasteiger partial charge < -0.3 is 9.80 Å². The molecule has 0 spiro atoms. The molecule has 0 radical (unpaired) electrons. The lowest BCUT2D eigenvalue weighted by Gasteiger charge is -2.30. The Kier molecular flexibility index (Phi) is 3.22. The Hall–Kier alpha value is -1.87. The molecule has 0 aliphatic carbocycles. The maximum absolute atomic E-state index is 12.6. The lowest BCUT2D eigenvalue weighted by atomic mass is 10.0. The van der Waals surface area contributed by atoms with Crippen molar-refractivity contribution in [3.63, 3.8) is 0 Å². The Bertz CT molecular complexity index is 595. The first-order chi connectivity index (χ1) is 9.25. The van der Waals surface area contributed by atoms with Gasteiger partial charge in [-0.05, 0) is 16.8 Å². The third-order valence-corrected chi connectivity index (χ3v) is 3.92. The summed E-state index contributed by atoms with van der Waals surface area (Å²) in [6.45, 7) is 3.79. The molecule has 1 amide bonds. The second kappa shape index (κ2) is 5.02. The summed E-state index contributed by atoms with van der Waals surface area (Å²) < 4.78 is 0. The third-order valence-electron chi connectivity index (χ3n) is 3.92. The lowest BCUT2D eigenvalue weighted by Crippen LogP contribution is -3.12. The molecule has 0 aromatic heterocycles. The monoisotopic (exact) mass is 255 g/mol. The number of piperazine rings is 1. The Balaban J connectivity index is 1.93. The number of carbonyl (C=O) groups is 1. The fraction of sp³-hybridized carbons (Fsp3) is 0.312. The van der Waals surface area contributed by atoms with Crippen LogP contribution in [0.2, 0.25) is 0 Å². The Labute approximate surface area is 113 Å². The number of amides is 1. The molecular formula is C16H19N2O+. The topological polar surface area (TPSA) is 24.8 Å². The van der Waals surface area contributed by atoms with Crippen LogP contribution in [0, 0.1) is 0 Å². The highest BCUT2D eigenvalue weighted by atomic mass is 16.2. The number of nitrogens with zero attached hydrogens (tertiary/aromatic N) is 1. The van der Waals surface area contributed by atoms with Crippen molar-refractivity contribution in [2.24, 2.45) is 0 Å². The van der Waals surface area contributed by atoms with Gasteiger partial charge in [0.05, 0.1) is 33.2 Å². The second-order valence-corrected chi connectivity index (χ2v) is 5.28. The summed E-state index contributed by atoms with van der Waals surface area (Å²) in [7, 11) is 2.18. The second-order valence-electron chi connectivity index (χ2n) is 5.28. The first kappa shape index (κ1) is 12.2. The van der Waals surface area contributed by atoms with E-state index in [2.05, 4.69) is 19.2 Å². The molecule has 3 heteroatoms. The average Bonchev–Trinajstić information content (AvgIpc) is 2.47. The van der Waals surface area contributed by atoms with Gasteiger partial charge in [0.25, 0.3) is 5.91 Å². The zero-order valence-corrected chi connectivity index (χ0v) is 11.2. The van der Waals surface area contributed by atoms with Crippen molar-refractivity contribution in [2.75, 3.05) is 33.2 Å². The van der Waals surface area contributed by atoms with E-state index >= 15 is 0 Å². The van der Waals surface area contributed by atoms with Crippen LogP contribution in [0.5, 0.6) is 0 Å². The molecule has 98 valence electrons. The molecule has 3 nitrogen and oxygen atoms in total. The minimum absolute atomic E-state index is 0.171. The number of likely N-dealkylation sites (N-methyl/N-ethyl adjacent to an activating group) is 1. The van der Waals surface area contributed by atoms with Crippen LogP contribution in [-0.2, 0) is 0 Å². The highest BCUT2D eigenvalue weighted by molar-refractivity contribution is 6.07. The first-order valence-corrected chi connectivity index (χ1v) is 6.84. The maximum atomic E-state index is 12.6. The van der Waals surface area contributed by atoms with Gasteiger partial charge >= 0.3 is 0 Å². The molecule has 2 aromatic rings. The van der Waals surface area contributed by atoms with Crippen molar-refractivity contribution in [2.45, 2.75) is 0 Å². The average molecular weight is 255 g/mol. The summed E-state index contributed by atoms with van der Waals surface area (Å²) in [6, 6.07) is 14.1. The molecule has 19 heavy (non-hydrogen) atoms. The van der Waals surface area contributed by atoms with E-state index in [1.165, 1.54) is 4.90 Å². The molecular weight excluding hydrogens is 236 g/mol. The van der Waals surface area contributed by atoms with E-state index in [-0.39, 0.29) is 5.91 Å². The molecule has 0 saturated carbocycles. The largest absolute Gasteiger partial charge is 0.334 e. The molecule has 1 N–H and O–H groups in total. The van der Waals surface area contributed by atoms with E-state index in [9.17, 15) is 4.79 Å². The molecule has 2 aromatic carbocycles. The van der Waals surface area contributed by atoms with Gasteiger partial charge in [0.1, 0.15) is 0 Å². The number of quaternary nitrogens is 1. The van der Waals surface area contributed by atoms with Crippen LogP contribution in [0.15, 0.2) is 42.5 Å². The number of hydrogen-bond acceptors (Lipinski definition) is 1. The highest BCUT2D eigenvalue weighted by Gasteiger charge is 2.23. The molecule has 0 atom stereocenters. The van der Waals surface area contributed by atoms with Crippen molar-refractivity contribution in [3.8, 4) is 0 Å². The fourth-order valence-corrected chi connectivity index (χ4v) is 2.67. The maximum Gasteiger partial charge on any atom is 0.254 e. The van der Waals surface area contributed by atoms with Gasteiger partial charge in [-0.2, -0.15) is 0 Å². The normalized spacial score (nSPS) is 16.8. The van der Waals surface area contributed by atoms with Crippen LogP contribution in [-0.4, -0.2) is 44.0 Å². The van der Waals surface area contributed by atoms with E-state index in [0.29, 0.717) is 0 Å². The van der Waals surface area contributed by atoms with Crippen LogP contribution in [0.3, 0.4) is 0 Å². The SMILES string of the molecule is C[NH+]1CCN(C(=O)c2cccc3ccccc23)CC1. The molecule has 0 unspecified atom stereocenters. The zero-order chi connectivity index (χ0) is 13.2. The number of nitrogens with one attached hydrogen (secondary N) is 1. The van der Waals surface area contributed by atoms with Gasteiger partial charge in [-0.15, -0.1) is 0 Å². The minimum atomic E-state index is 0.171. The summed E-state index contributed by atoms with van der Waals surface area (Å²) in [5.74, 6) is 0.171. The molecule has 1 aliphatic rings. The predicted molar refractivity (Wildman–Crippen MR) is 76.5 cm³/mol. The van der Waals surface area contributed by atoms with E-state index in [0.717, 1.165) is 42.5 Å². The fourth-order valence-electron chi connectivity index (χ4n) is 2.67. The van der Waals surface area contributed by atoms with E-state index in [4.69, 9.17) is 0 Å². The van der Waals surface area contributed by atoms with Crippen molar-refractivity contribution >= 4 is 16.7 Å². The number of benzene rings is 2. The van der Waals surface area contributed by atoms with Gasteiger partial charge in [-0.25, -0.2) is 0 Å². The van der Waals surface area contributed by atoms with Crippen LogP contribution in [0.4, 0.5) is 0 Å². The van der Waals surface area contributed by atoms with Crippen molar-refractivity contribution in [1.29, 1.82) is 0 Å². The summed E-state index contributed by atoms with van der Waals surface area (Å²) in [5, 5.41) is 2.19. The van der Waals surface area contributed by atoms with Gasteiger partial charge in [0, 0.05) is 5.56 Å². The van der Waals surface area contributed by atoms with E-state index in [1.807, 2.05) is 35.2 Å². The molecule has 0 bridgehead atoms. The van der Waals surface area contributed by atoms with E-state index < -0.39 is 0 Å². The van der Waals surface area contributed by atoms with Gasteiger partial charge in [0.15, 0.2) is 0 Å². The highest BCUT2D eigenvalue weighted by Crippen LogP contribution is 2.20. The zero-order valence-electron chi connectivity index (χ0n) is 11.2. The van der Waals surface area contributed by atoms with Crippen molar-refractivity contribution in [1.82, 2.24) is 4.90 Å². The third kappa shape index (κ3) is 2.34. The van der Waals surface area contributed by atoms with Gasteiger partial charge in [-0.1, -0.05) is 36.4 Å². The summed E-state index contributed by atoms with van der Waals surface area (Å²) in [5.41, 5.74) is 0.831. The lowest BCUT2D eigenvalue weighted by molar-refractivity contribution is -0.883. The van der Waals surface area contributed by atoms with Crippen molar-refractivity contribution in [3.05, 3.63) is 48.0 Å². The minimum Gasteiger partial charge on any atom is -0.334 e. The molecule has 3 rings (SSSR count). The van der Waals surface area contributed by atoms with Crippen LogP contribution in [0.25, 0.3) is 10.8 Å². The van der Waals surface area contributed by atoms with Crippen LogP contribution in [0.1, 0.15) is 10.4 Å². The van der Waals surface area contributed by atoms with Crippen LogP contribution >= 0.6 is 0 Å². The molecule has 1 aliphatic heterocycles. The predicted octanol–water partition coefficient (Wildman–Crippen LogP) is 0.810. The number of fused-ring (bicyclic) bond motifs is 1. The van der Waals surface area contributed by atoms with Gasteiger partial charge in [0.2, 0.25) is 0 Å². The summed E-state index contributed by atoms with van der Waals surface area (Å²) >= 11 is 0. The van der Waals surface area contributed by atoms with Crippen molar-refractivity contribution < 1.29 is 9.69 Å². The molecule has 1 heterocycles. The van der Waals surface area contributed by atoms with Gasteiger partial charge in [-0.3, -0.25) is 4.79 Å². The Morgan fingerprint density at radius 2 is 1.74 bits per heavy atom. The number of carbonyl (C=O) groups excluding carboxylic acids is 1. The molecule has 1 saturated heterocycles. The number of rotatable bonds is 1. The van der Waals surface area contributed by atoms with Crippen LogP contribution < -0.4 is 4.90 Å². The Morgan fingerprint density at radius 1 is 1.05 bits per heavy atom. The first-order valence-electron chi connectivity index (χ1n) is 6.84. The Morgan fingerprint density at radius 3 is 2.53 bits per heavy atom.